The monoisotopic (exact) mass is 301 g/mol. The molecule has 0 bridgehead atoms. The lowest BCUT2D eigenvalue weighted by atomic mass is 9.93. The largest absolute Gasteiger partial charge is 0.468 e. The van der Waals surface area contributed by atoms with Crippen molar-refractivity contribution in [1.29, 1.82) is 0 Å². The number of hydrogen-bond donors (Lipinski definition) is 1. The van der Waals surface area contributed by atoms with Crippen molar-refractivity contribution in [3.63, 3.8) is 0 Å². The fourth-order valence-corrected chi connectivity index (χ4v) is 2.69. The van der Waals surface area contributed by atoms with E-state index in [1.807, 2.05) is 27.7 Å². The molecule has 0 heterocycles. The minimum atomic E-state index is -0.690. The minimum Gasteiger partial charge on any atom is -0.468 e. The second kappa shape index (κ2) is 11.0. The molecule has 0 spiro atoms. The van der Waals surface area contributed by atoms with E-state index in [0.717, 1.165) is 13.0 Å². The van der Waals surface area contributed by atoms with E-state index in [9.17, 15) is 4.79 Å². The summed E-state index contributed by atoms with van der Waals surface area (Å²) in [6.45, 7) is 11.0. The van der Waals surface area contributed by atoms with Crippen LogP contribution in [0.15, 0.2) is 0 Å². The van der Waals surface area contributed by atoms with Crippen LogP contribution in [0.4, 0.5) is 0 Å². The number of unbranched alkanes of at least 4 members (excludes halogenated alkanes) is 4. The Morgan fingerprint density at radius 3 is 2.29 bits per heavy atom. The van der Waals surface area contributed by atoms with Gasteiger partial charge < -0.3 is 9.47 Å². The molecule has 0 aliphatic carbocycles. The predicted molar refractivity (Wildman–Crippen MR) is 87.5 cm³/mol. The lowest BCUT2D eigenvalue weighted by Crippen LogP contribution is -2.54. The first-order valence-corrected chi connectivity index (χ1v) is 8.33. The van der Waals surface area contributed by atoms with E-state index in [1.54, 1.807) is 0 Å². The maximum atomic E-state index is 12.0. The number of ether oxygens (including phenoxy) is 2. The maximum Gasteiger partial charge on any atom is 0.325 e. The number of methoxy groups -OCH3 is 1. The molecule has 0 aromatic carbocycles. The van der Waals surface area contributed by atoms with Crippen molar-refractivity contribution >= 4 is 5.97 Å². The summed E-state index contributed by atoms with van der Waals surface area (Å²) < 4.78 is 10.8. The molecule has 0 aliphatic heterocycles. The summed E-state index contributed by atoms with van der Waals surface area (Å²) in [5, 5.41) is 3.30. The van der Waals surface area contributed by atoms with Crippen molar-refractivity contribution < 1.29 is 14.3 Å². The van der Waals surface area contributed by atoms with E-state index in [1.165, 1.54) is 32.8 Å². The Kier molecular flexibility index (Phi) is 10.7. The Morgan fingerprint density at radius 2 is 1.76 bits per heavy atom. The van der Waals surface area contributed by atoms with Crippen molar-refractivity contribution in [3.8, 4) is 0 Å². The summed E-state index contributed by atoms with van der Waals surface area (Å²) in [6, 6.07) is 0.218. The predicted octanol–water partition coefficient (Wildman–Crippen LogP) is 3.68. The molecule has 4 nitrogen and oxygen atoms in total. The van der Waals surface area contributed by atoms with Crippen LogP contribution >= 0.6 is 0 Å². The Morgan fingerprint density at radius 1 is 1.14 bits per heavy atom. The van der Waals surface area contributed by atoms with E-state index in [-0.39, 0.29) is 18.1 Å². The van der Waals surface area contributed by atoms with Crippen molar-refractivity contribution in [3.05, 3.63) is 0 Å². The van der Waals surface area contributed by atoms with Crippen LogP contribution in [0.25, 0.3) is 0 Å². The Labute approximate surface area is 131 Å². The molecule has 0 rings (SSSR count). The maximum absolute atomic E-state index is 12.0. The average molecular weight is 301 g/mol. The molecule has 0 aromatic rings. The zero-order valence-corrected chi connectivity index (χ0v) is 14.8. The Hall–Kier alpha value is -0.610. The fourth-order valence-electron chi connectivity index (χ4n) is 2.69. The van der Waals surface area contributed by atoms with Gasteiger partial charge in [-0.25, -0.2) is 0 Å². The molecule has 21 heavy (non-hydrogen) atoms. The molecule has 0 radical (unpaired) electrons. The number of carbonyl (C=O) groups excluding carboxylic acids is 1. The van der Waals surface area contributed by atoms with E-state index in [2.05, 4.69) is 12.2 Å². The highest BCUT2D eigenvalue weighted by atomic mass is 16.5. The van der Waals surface area contributed by atoms with E-state index >= 15 is 0 Å². The number of nitrogens with one attached hydrogen (secondary N) is 1. The zero-order valence-electron chi connectivity index (χ0n) is 14.8. The fraction of sp³-hybridized carbons (Fsp3) is 0.941. The van der Waals surface area contributed by atoms with Gasteiger partial charge in [0.25, 0.3) is 0 Å². The molecule has 4 heteroatoms. The second-order valence-corrected chi connectivity index (χ2v) is 6.42. The van der Waals surface area contributed by atoms with Crippen LogP contribution in [0.2, 0.25) is 0 Å². The summed E-state index contributed by atoms with van der Waals surface area (Å²) in [5.74, 6) is -0.227. The molecule has 126 valence electrons. The SMILES string of the molecule is CCCCCCCOC(C)CC(C)(NC(C)C)C(=O)OC. The lowest BCUT2D eigenvalue weighted by Gasteiger charge is -2.32. The van der Waals surface area contributed by atoms with Crippen LogP contribution in [0.5, 0.6) is 0 Å². The van der Waals surface area contributed by atoms with Gasteiger partial charge >= 0.3 is 5.97 Å². The zero-order chi connectivity index (χ0) is 16.3. The number of rotatable bonds is 12. The first-order valence-electron chi connectivity index (χ1n) is 8.33. The third kappa shape index (κ3) is 9.10. The third-order valence-electron chi connectivity index (χ3n) is 3.59. The molecule has 0 saturated carbocycles. The smallest absolute Gasteiger partial charge is 0.325 e. The molecule has 0 saturated heterocycles. The summed E-state index contributed by atoms with van der Waals surface area (Å²) in [4.78, 5) is 12.0. The topological polar surface area (TPSA) is 47.6 Å². The minimum absolute atomic E-state index is 0.0338. The van der Waals surface area contributed by atoms with Gasteiger partial charge in [-0.15, -0.1) is 0 Å². The van der Waals surface area contributed by atoms with E-state index < -0.39 is 5.54 Å². The average Bonchev–Trinajstić information content (AvgIpc) is 2.40. The van der Waals surface area contributed by atoms with Crippen molar-refractivity contribution in [1.82, 2.24) is 5.32 Å². The molecule has 2 atom stereocenters. The first-order chi connectivity index (χ1) is 9.85. The van der Waals surface area contributed by atoms with Crippen molar-refractivity contribution in [2.75, 3.05) is 13.7 Å². The second-order valence-electron chi connectivity index (χ2n) is 6.42. The highest BCUT2D eigenvalue weighted by Gasteiger charge is 2.36. The van der Waals surface area contributed by atoms with E-state index in [0.29, 0.717) is 6.42 Å². The Bertz CT molecular complexity index is 281. The Balaban J connectivity index is 4.16. The molecule has 0 aromatic heterocycles. The molecule has 2 unspecified atom stereocenters. The van der Waals surface area contributed by atoms with Gasteiger partial charge in [-0.1, -0.05) is 32.6 Å². The molecular weight excluding hydrogens is 266 g/mol. The molecule has 0 amide bonds. The van der Waals surface area contributed by atoms with Gasteiger partial charge in [0.2, 0.25) is 0 Å². The van der Waals surface area contributed by atoms with Crippen LogP contribution in [0.1, 0.15) is 73.1 Å². The van der Waals surface area contributed by atoms with Crippen LogP contribution in [-0.2, 0) is 14.3 Å². The van der Waals surface area contributed by atoms with Crippen molar-refractivity contribution in [2.45, 2.75) is 90.8 Å². The molecule has 1 N–H and O–H groups in total. The van der Waals surface area contributed by atoms with Gasteiger partial charge in [0.15, 0.2) is 0 Å². The van der Waals surface area contributed by atoms with Crippen LogP contribution < -0.4 is 5.32 Å². The highest BCUT2D eigenvalue weighted by molar-refractivity contribution is 5.80. The summed E-state index contributed by atoms with van der Waals surface area (Å²) in [5.41, 5.74) is -0.690. The van der Waals surface area contributed by atoms with Crippen LogP contribution in [0.3, 0.4) is 0 Å². The van der Waals surface area contributed by atoms with Gasteiger partial charge in [-0.2, -0.15) is 0 Å². The van der Waals surface area contributed by atoms with Gasteiger partial charge in [-0.3, -0.25) is 10.1 Å². The molecular formula is C17H35NO3. The molecule has 0 aliphatic rings. The number of esters is 1. The summed E-state index contributed by atoms with van der Waals surface area (Å²) >= 11 is 0. The van der Waals surface area contributed by atoms with E-state index in [4.69, 9.17) is 9.47 Å². The summed E-state index contributed by atoms with van der Waals surface area (Å²) in [6.07, 6.45) is 6.81. The van der Waals surface area contributed by atoms with Crippen molar-refractivity contribution in [2.24, 2.45) is 0 Å². The number of hydrogen-bond acceptors (Lipinski definition) is 4. The van der Waals surface area contributed by atoms with Gasteiger partial charge in [0.1, 0.15) is 5.54 Å². The third-order valence-corrected chi connectivity index (χ3v) is 3.59. The lowest BCUT2D eigenvalue weighted by molar-refractivity contribution is -0.150. The van der Waals surface area contributed by atoms with Gasteiger partial charge in [0.05, 0.1) is 13.2 Å². The number of carbonyl (C=O) groups is 1. The van der Waals surface area contributed by atoms with Gasteiger partial charge in [-0.05, 0) is 34.1 Å². The summed E-state index contributed by atoms with van der Waals surface area (Å²) in [7, 11) is 1.43. The van der Waals surface area contributed by atoms with Gasteiger partial charge in [0, 0.05) is 19.1 Å². The normalized spacial score (nSPS) is 15.8. The van der Waals surface area contributed by atoms with Crippen LogP contribution in [-0.4, -0.2) is 37.4 Å². The first kappa shape index (κ1) is 20.4. The highest BCUT2D eigenvalue weighted by Crippen LogP contribution is 2.18. The quantitative estimate of drug-likeness (QED) is 0.441. The molecule has 0 fully saturated rings. The standard InChI is InChI=1S/C17H35NO3/c1-7-8-9-10-11-12-21-15(4)13-17(5,16(19)20-6)18-14(2)3/h14-15,18H,7-13H2,1-6H3. The van der Waals surface area contributed by atoms with Crippen LogP contribution in [0, 0.1) is 0 Å².